The van der Waals surface area contributed by atoms with Crippen molar-refractivity contribution in [3.05, 3.63) is 35.9 Å². The number of carbonyl (C=O) groups is 1. The van der Waals surface area contributed by atoms with Crippen LogP contribution in [-0.4, -0.2) is 36.5 Å². The maximum absolute atomic E-state index is 12.5. The lowest BCUT2D eigenvalue weighted by Crippen LogP contribution is -2.54. The number of hydrogen-bond donors (Lipinski definition) is 2. The molecule has 1 aliphatic rings. The average molecular weight is 317 g/mol. The fraction of sp³-hybridized carbons (Fsp3) is 0.632. The van der Waals surface area contributed by atoms with E-state index < -0.39 is 0 Å². The van der Waals surface area contributed by atoms with Crippen molar-refractivity contribution >= 4 is 5.91 Å². The lowest BCUT2D eigenvalue weighted by atomic mass is 9.80. The molecule has 0 bridgehead atoms. The van der Waals surface area contributed by atoms with Crippen molar-refractivity contribution in [2.45, 2.75) is 46.2 Å². The molecule has 0 saturated carbocycles. The smallest absolute Gasteiger partial charge is 0.234 e. The molecule has 0 radical (unpaired) electrons. The molecule has 1 aliphatic heterocycles. The molecule has 1 heterocycles. The number of nitrogens with two attached hydrogens (primary N) is 1. The maximum Gasteiger partial charge on any atom is 0.234 e. The molecule has 2 rings (SSSR count). The van der Waals surface area contributed by atoms with Crippen LogP contribution in [0.15, 0.2) is 30.3 Å². The predicted octanol–water partition coefficient (Wildman–Crippen LogP) is 2.56. The van der Waals surface area contributed by atoms with Gasteiger partial charge in [0.05, 0.1) is 12.6 Å². The largest absolute Gasteiger partial charge is 0.348 e. The van der Waals surface area contributed by atoms with Crippen molar-refractivity contribution in [2.24, 2.45) is 17.1 Å². The summed E-state index contributed by atoms with van der Waals surface area (Å²) >= 11 is 0. The number of rotatable bonds is 5. The van der Waals surface area contributed by atoms with Crippen LogP contribution in [0.3, 0.4) is 0 Å². The van der Waals surface area contributed by atoms with Crippen LogP contribution >= 0.6 is 0 Å². The average Bonchev–Trinajstić information content (AvgIpc) is 2.49. The number of nitrogens with zero attached hydrogens (tertiary/aromatic N) is 1. The minimum Gasteiger partial charge on any atom is -0.348 e. The van der Waals surface area contributed by atoms with Gasteiger partial charge in [0.15, 0.2) is 0 Å². The lowest BCUT2D eigenvalue weighted by molar-refractivity contribution is -0.124. The van der Waals surface area contributed by atoms with Crippen LogP contribution in [0.1, 0.15) is 45.7 Å². The summed E-state index contributed by atoms with van der Waals surface area (Å²) in [6.07, 6.45) is 0.951. The number of nitrogens with one attached hydrogen (secondary N) is 1. The minimum atomic E-state index is 0.0590. The van der Waals surface area contributed by atoms with Gasteiger partial charge in [-0.15, -0.1) is 0 Å². The summed E-state index contributed by atoms with van der Waals surface area (Å²) in [7, 11) is 0. The highest BCUT2D eigenvalue weighted by Gasteiger charge is 2.34. The van der Waals surface area contributed by atoms with E-state index in [2.05, 4.69) is 50.0 Å². The van der Waals surface area contributed by atoms with Gasteiger partial charge in [-0.25, -0.2) is 0 Å². The zero-order chi connectivity index (χ0) is 17.0. The number of amides is 1. The molecule has 23 heavy (non-hydrogen) atoms. The first-order chi connectivity index (χ1) is 10.8. The van der Waals surface area contributed by atoms with Crippen LogP contribution in [0.4, 0.5) is 0 Å². The van der Waals surface area contributed by atoms with Crippen LogP contribution < -0.4 is 11.1 Å². The van der Waals surface area contributed by atoms with Crippen LogP contribution in [0.2, 0.25) is 0 Å². The van der Waals surface area contributed by atoms with E-state index >= 15 is 0 Å². The third-order valence-electron chi connectivity index (χ3n) is 4.90. The predicted molar refractivity (Wildman–Crippen MR) is 95.0 cm³/mol. The molecule has 0 aliphatic carbocycles. The summed E-state index contributed by atoms with van der Waals surface area (Å²) in [5.41, 5.74) is 7.40. The van der Waals surface area contributed by atoms with Gasteiger partial charge in [0.1, 0.15) is 0 Å². The zero-order valence-electron chi connectivity index (χ0n) is 14.9. The first kappa shape index (κ1) is 18.0. The zero-order valence-corrected chi connectivity index (χ0v) is 14.9. The molecule has 128 valence electrons. The summed E-state index contributed by atoms with van der Waals surface area (Å²) < 4.78 is 0. The highest BCUT2D eigenvalue weighted by atomic mass is 16.2. The second kappa shape index (κ2) is 7.45. The van der Waals surface area contributed by atoms with Crippen molar-refractivity contribution in [1.29, 1.82) is 0 Å². The first-order valence-corrected chi connectivity index (χ1v) is 8.62. The monoisotopic (exact) mass is 317 g/mol. The fourth-order valence-corrected chi connectivity index (χ4v) is 3.34. The van der Waals surface area contributed by atoms with E-state index in [4.69, 9.17) is 5.73 Å². The normalized spacial score (nSPS) is 22.8. The van der Waals surface area contributed by atoms with E-state index in [0.29, 0.717) is 12.5 Å². The van der Waals surface area contributed by atoms with Crippen LogP contribution in [-0.2, 0) is 4.79 Å². The van der Waals surface area contributed by atoms with Gasteiger partial charge >= 0.3 is 0 Å². The Balaban J connectivity index is 1.95. The molecule has 4 nitrogen and oxygen atoms in total. The molecule has 2 unspecified atom stereocenters. The van der Waals surface area contributed by atoms with Crippen molar-refractivity contribution in [1.82, 2.24) is 10.2 Å². The second-order valence-electron chi connectivity index (χ2n) is 7.79. The molecule has 1 aromatic carbocycles. The van der Waals surface area contributed by atoms with Gasteiger partial charge in [-0.1, -0.05) is 58.0 Å². The van der Waals surface area contributed by atoms with Crippen molar-refractivity contribution in [3.8, 4) is 0 Å². The van der Waals surface area contributed by atoms with E-state index in [1.165, 1.54) is 0 Å². The maximum atomic E-state index is 12.5. The second-order valence-corrected chi connectivity index (χ2v) is 7.79. The van der Waals surface area contributed by atoms with Gasteiger partial charge in [-0.2, -0.15) is 0 Å². The topological polar surface area (TPSA) is 58.4 Å². The molecule has 1 amide bonds. The van der Waals surface area contributed by atoms with Crippen molar-refractivity contribution in [3.63, 3.8) is 0 Å². The third-order valence-corrected chi connectivity index (χ3v) is 4.90. The van der Waals surface area contributed by atoms with Crippen LogP contribution in [0.5, 0.6) is 0 Å². The number of hydrogen-bond acceptors (Lipinski definition) is 3. The third kappa shape index (κ3) is 4.79. The standard InChI is InChI=1S/C19H31N3O/c1-14(2)18(15-8-6-5-7-9-15)21-17(23)12-22-11-10-16(20)19(3,4)13-22/h5-9,14,16,18H,10-13,20H2,1-4H3,(H,21,23). The Kier molecular flexibility index (Phi) is 5.82. The van der Waals surface area contributed by atoms with Gasteiger partial charge in [0, 0.05) is 19.1 Å². The fourth-order valence-electron chi connectivity index (χ4n) is 3.34. The Hall–Kier alpha value is -1.39. The summed E-state index contributed by atoms with van der Waals surface area (Å²) in [5, 5.41) is 3.21. The molecule has 0 spiro atoms. The number of piperidine rings is 1. The molecule has 1 saturated heterocycles. The van der Waals surface area contributed by atoms with E-state index in [0.717, 1.165) is 25.1 Å². The van der Waals surface area contributed by atoms with Crippen molar-refractivity contribution < 1.29 is 4.79 Å². The van der Waals surface area contributed by atoms with Gasteiger partial charge in [-0.05, 0) is 23.3 Å². The highest BCUT2D eigenvalue weighted by Crippen LogP contribution is 2.27. The summed E-state index contributed by atoms with van der Waals surface area (Å²) in [4.78, 5) is 14.7. The summed E-state index contributed by atoms with van der Waals surface area (Å²) in [6.45, 7) is 10.9. The van der Waals surface area contributed by atoms with Crippen LogP contribution in [0, 0.1) is 11.3 Å². The molecule has 2 atom stereocenters. The van der Waals surface area contributed by atoms with Gasteiger partial charge in [-0.3, -0.25) is 9.69 Å². The molecule has 1 aromatic rings. The van der Waals surface area contributed by atoms with E-state index in [9.17, 15) is 4.79 Å². The van der Waals surface area contributed by atoms with Gasteiger partial charge < -0.3 is 11.1 Å². The lowest BCUT2D eigenvalue weighted by Gasteiger charge is -2.42. The highest BCUT2D eigenvalue weighted by molar-refractivity contribution is 5.78. The van der Waals surface area contributed by atoms with Crippen LogP contribution in [0.25, 0.3) is 0 Å². The Morgan fingerprint density at radius 2 is 2.00 bits per heavy atom. The summed E-state index contributed by atoms with van der Waals surface area (Å²) in [6, 6.07) is 10.5. The van der Waals surface area contributed by atoms with Gasteiger partial charge in [0.25, 0.3) is 0 Å². The Labute approximate surface area is 140 Å². The Morgan fingerprint density at radius 1 is 1.35 bits per heavy atom. The Morgan fingerprint density at radius 3 is 2.57 bits per heavy atom. The minimum absolute atomic E-state index is 0.0590. The molecule has 4 heteroatoms. The number of carbonyl (C=O) groups excluding carboxylic acids is 1. The number of benzene rings is 1. The molecular formula is C19H31N3O. The molecular weight excluding hydrogens is 286 g/mol. The number of likely N-dealkylation sites (tertiary alicyclic amines) is 1. The summed E-state index contributed by atoms with van der Waals surface area (Å²) in [5.74, 6) is 0.450. The quantitative estimate of drug-likeness (QED) is 0.877. The Bertz CT molecular complexity index is 513. The molecule has 1 fully saturated rings. The molecule has 0 aromatic heterocycles. The van der Waals surface area contributed by atoms with E-state index in [-0.39, 0.29) is 23.4 Å². The van der Waals surface area contributed by atoms with Crippen molar-refractivity contribution in [2.75, 3.05) is 19.6 Å². The molecule has 3 N–H and O–H groups in total. The first-order valence-electron chi connectivity index (χ1n) is 8.62. The van der Waals surface area contributed by atoms with E-state index in [1.54, 1.807) is 0 Å². The SMILES string of the molecule is CC(C)C(NC(=O)CN1CCC(N)C(C)(C)C1)c1ccccc1. The van der Waals surface area contributed by atoms with Gasteiger partial charge in [0.2, 0.25) is 5.91 Å². The van der Waals surface area contributed by atoms with E-state index in [1.807, 2.05) is 18.2 Å².